The molecule has 0 bridgehead atoms. The van der Waals surface area contributed by atoms with Crippen molar-refractivity contribution in [2.24, 2.45) is 0 Å². The van der Waals surface area contributed by atoms with Gasteiger partial charge in [0.25, 0.3) is 0 Å². The van der Waals surface area contributed by atoms with Crippen molar-refractivity contribution in [1.82, 2.24) is 4.57 Å². The smallest absolute Gasteiger partial charge is 0.0702 e. The molecule has 0 fully saturated rings. The summed E-state index contributed by atoms with van der Waals surface area (Å²) in [5, 5.41) is 17.7. The molecule has 0 N–H and O–H groups in total. The molecule has 13 aromatic rings. The number of nitrogens with zero attached hydrogens (tertiary/aromatic N) is 2. The molecule has 0 unspecified atom stereocenters. The van der Waals surface area contributed by atoms with Crippen LogP contribution in [0.1, 0.15) is 0 Å². The SMILES string of the molecule is c1ccc(-c2ccccc2N(c2cc3ccc4cccc5c6cccc7ccc8cccc(c(c2)c3c45)c8c76)c2ccccc2-n2c3ccccc3c3ccccc32)cc1. The van der Waals surface area contributed by atoms with Crippen LogP contribution in [0.15, 0.2) is 218 Å². The lowest BCUT2D eigenvalue weighted by atomic mass is 9.87. The van der Waals surface area contributed by atoms with Crippen molar-refractivity contribution in [3.63, 3.8) is 0 Å². The molecule has 2 heteroatoms. The zero-order chi connectivity index (χ0) is 39.3. The fourth-order valence-corrected chi connectivity index (χ4v) is 10.4. The van der Waals surface area contributed by atoms with Crippen molar-refractivity contribution in [3.8, 4) is 16.8 Å². The number of para-hydroxylation sites is 5. The average Bonchev–Trinajstić information content (AvgIpc) is 3.65. The highest BCUT2D eigenvalue weighted by molar-refractivity contribution is 6.37. The number of hydrogen-bond acceptors (Lipinski definition) is 1. The van der Waals surface area contributed by atoms with E-state index in [1.54, 1.807) is 0 Å². The molecule has 0 aliphatic heterocycles. The Hall–Kier alpha value is -7.94. The summed E-state index contributed by atoms with van der Waals surface area (Å²) in [6.45, 7) is 0. The first-order valence-corrected chi connectivity index (χ1v) is 20.8. The number of benzene rings is 11. The van der Waals surface area contributed by atoms with Gasteiger partial charge in [-0.05, 0) is 113 Å². The Morgan fingerprint density at radius 2 is 0.767 bits per heavy atom. The van der Waals surface area contributed by atoms with Crippen molar-refractivity contribution < 1.29 is 0 Å². The fourth-order valence-electron chi connectivity index (χ4n) is 10.4. The molecule has 13 rings (SSSR count). The summed E-state index contributed by atoms with van der Waals surface area (Å²) >= 11 is 0. The maximum absolute atomic E-state index is 2.51. The Balaban J connectivity index is 1.21. The zero-order valence-corrected chi connectivity index (χ0v) is 32.7. The zero-order valence-electron chi connectivity index (χ0n) is 32.7. The molecule has 0 radical (unpaired) electrons. The Morgan fingerprint density at radius 3 is 1.40 bits per heavy atom. The number of anilines is 3. The van der Waals surface area contributed by atoms with Gasteiger partial charge in [-0.1, -0.05) is 176 Å². The van der Waals surface area contributed by atoms with Gasteiger partial charge in [0.15, 0.2) is 0 Å². The molecule has 12 aromatic carbocycles. The summed E-state index contributed by atoms with van der Waals surface area (Å²) in [6.07, 6.45) is 0. The molecule has 0 saturated heterocycles. The average molecular weight is 761 g/mol. The van der Waals surface area contributed by atoms with Gasteiger partial charge < -0.3 is 9.47 Å². The summed E-state index contributed by atoms with van der Waals surface area (Å²) in [5.74, 6) is 0. The normalized spacial score (nSPS) is 12.0. The van der Waals surface area contributed by atoms with E-state index in [9.17, 15) is 0 Å². The van der Waals surface area contributed by atoms with Gasteiger partial charge in [-0.3, -0.25) is 0 Å². The van der Waals surface area contributed by atoms with E-state index in [2.05, 4.69) is 228 Å². The van der Waals surface area contributed by atoms with E-state index in [0.29, 0.717) is 0 Å². The van der Waals surface area contributed by atoms with Crippen molar-refractivity contribution in [1.29, 1.82) is 0 Å². The lowest BCUT2D eigenvalue weighted by molar-refractivity contribution is 1.15. The van der Waals surface area contributed by atoms with Crippen LogP contribution in [0, 0.1) is 0 Å². The lowest BCUT2D eigenvalue weighted by Gasteiger charge is -2.31. The lowest BCUT2D eigenvalue weighted by Crippen LogP contribution is -2.14. The van der Waals surface area contributed by atoms with Gasteiger partial charge in [0, 0.05) is 22.0 Å². The summed E-state index contributed by atoms with van der Waals surface area (Å²) in [6, 6.07) is 80.8. The standard InChI is InChI=1S/C58H36N2/c1-2-15-37(16-3-1)43-20-4-7-26-50(43)59(53-29-10-11-30-54(53)60-51-27-8-5-21-44(51)45-22-6-9-28-52(45)60)42-35-41-34-33-40-18-13-24-47-46-23-12-17-38-31-32-39-19-14-25-48(57(39)55(38)46)49(36-42)58(41)56(40)47/h1-36H. The number of hydrogen-bond donors (Lipinski definition) is 0. The maximum Gasteiger partial charge on any atom is 0.0702 e. The van der Waals surface area contributed by atoms with E-state index in [-0.39, 0.29) is 0 Å². The quantitative estimate of drug-likeness (QED) is 0.159. The van der Waals surface area contributed by atoms with E-state index >= 15 is 0 Å². The minimum atomic E-state index is 1.09. The number of aromatic nitrogens is 1. The van der Waals surface area contributed by atoms with E-state index in [1.807, 2.05) is 0 Å². The molecule has 0 amide bonds. The van der Waals surface area contributed by atoms with Gasteiger partial charge in [-0.25, -0.2) is 0 Å². The molecule has 0 atom stereocenters. The van der Waals surface area contributed by atoms with Crippen LogP contribution in [0.5, 0.6) is 0 Å². The first-order valence-electron chi connectivity index (χ1n) is 20.8. The van der Waals surface area contributed by atoms with Crippen molar-refractivity contribution >= 4 is 104 Å². The van der Waals surface area contributed by atoms with Gasteiger partial charge in [0.2, 0.25) is 0 Å². The van der Waals surface area contributed by atoms with Crippen LogP contribution >= 0.6 is 0 Å². The molecule has 1 aromatic heterocycles. The second-order valence-corrected chi connectivity index (χ2v) is 16.0. The Labute approximate surface area is 346 Å². The molecule has 278 valence electrons. The minimum absolute atomic E-state index is 1.09. The molecular formula is C58H36N2. The minimum Gasteiger partial charge on any atom is -0.308 e. The third kappa shape index (κ3) is 4.70. The summed E-state index contributed by atoms with van der Waals surface area (Å²) in [7, 11) is 0. The molecule has 60 heavy (non-hydrogen) atoms. The Kier molecular flexibility index (Phi) is 7.05. The topological polar surface area (TPSA) is 8.17 Å². The van der Waals surface area contributed by atoms with Crippen molar-refractivity contribution in [3.05, 3.63) is 218 Å². The number of rotatable bonds is 5. The van der Waals surface area contributed by atoms with Crippen LogP contribution in [0.3, 0.4) is 0 Å². The molecule has 0 spiro atoms. The highest BCUT2D eigenvalue weighted by Gasteiger charge is 2.24. The molecule has 0 aliphatic rings. The van der Waals surface area contributed by atoms with Crippen LogP contribution in [0.4, 0.5) is 17.1 Å². The van der Waals surface area contributed by atoms with E-state index < -0.39 is 0 Å². The van der Waals surface area contributed by atoms with Gasteiger partial charge in [0.1, 0.15) is 0 Å². The third-order valence-corrected chi connectivity index (χ3v) is 12.8. The predicted molar refractivity (Wildman–Crippen MR) is 257 cm³/mol. The maximum atomic E-state index is 2.51. The first kappa shape index (κ1) is 33.1. The fraction of sp³-hybridized carbons (Fsp3) is 0. The highest BCUT2D eigenvalue weighted by atomic mass is 15.2. The highest BCUT2D eigenvalue weighted by Crippen LogP contribution is 2.49. The Bertz CT molecular complexity index is 3780. The summed E-state index contributed by atoms with van der Waals surface area (Å²) in [4.78, 5) is 2.51. The van der Waals surface area contributed by atoms with Crippen molar-refractivity contribution in [2.75, 3.05) is 4.90 Å². The van der Waals surface area contributed by atoms with E-state index in [0.717, 1.165) is 22.7 Å². The predicted octanol–water partition coefficient (Wildman–Crippen LogP) is 16.3. The van der Waals surface area contributed by atoms with Gasteiger partial charge in [-0.15, -0.1) is 0 Å². The van der Waals surface area contributed by atoms with Crippen LogP contribution in [0.2, 0.25) is 0 Å². The monoisotopic (exact) mass is 760 g/mol. The molecule has 0 saturated carbocycles. The third-order valence-electron chi connectivity index (χ3n) is 12.8. The van der Waals surface area contributed by atoms with Gasteiger partial charge in [0.05, 0.1) is 28.1 Å². The van der Waals surface area contributed by atoms with E-state index in [1.165, 1.54) is 97.6 Å². The second-order valence-electron chi connectivity index (χ2n) is 16.0. The molecule has 0 aliphatic carbocycles. The van der Waals surface area contributed by atoms with Gasteiger partial charge in [-0.2, -0.15) is 0 Å². The second kappa shape index (κ2) is 12.8. The van der Waals surface area contributed by atoms with Crippen LogP contribution in [0.25, 0.3) is 103 Å². The molecule has 1 heterocycles. The van der Waals surface area contributed by atoms with Crippen LogP contribution < -0.4 is 4.90 Å². The first-order chi connectivity index (χ1) is 29.8. The van der Waals surface area contributed by atoms with E-state index in [4.69, 9.17) is 0 Å². The summed E-state index contributed by atoms with van der Waals surface area (Å²) in [5.41, 5.74) is 9.12. The van der Waals surface area contributed by atoms with Crippen LogP contribution in [-0.2, 0) is 0 Å². The number of fused-ring (bicyclic) bond motifs is 5. The Morgan fingerprint density at radius 1 is 0.300 bits per heavy atom. The molecular weight excluding hydrogens is 725 g/mol. The molecule has 2 nitrogen and oxygen atoms in total. The van der Waals surface area contributed by atoms with Crippen molar-refractivity contribution in [2.45, 2.75) is 0 Å². The van der Waals surface area contributed by atoms with Gasteiger partial charge >= 0.3 is 0 Å². The van der Waals surface area contributed by atoms with Crippen LogP contribution in [-0.4, -0.2) is 4.57 Å². The largest absolute Gasteiger partial charge is 0.308 e. The summed E-state index contributed by atoms with van der Waals surface area (Å²) < 4.78 is 2.45.